The molecule has 1 aromatic carbocycles. The summed E-state index contributed by atoms with van der Waals surface area (Å²) < 4.78 is 0. The molecule has 2 N–H and O–H groups in total. The van der Waals surface area contributed by atoms with E-state index in [2.05, 4.69) is 29.5 Å². The zero-order valence-electron chi connectivity index (χ0n) is 12.4. The minimum Gasteiger partial charge on any atom is -0.385 e. The monoisotopic (exact) mass is 337 g/mol. The molecule has 1 amide bonds. The Morgan fingerprint density at radius 2 is 1.91 bits per heavy atom. The maximum atomic E-state index is 12.3. The number of benzene rings is 1. The number of para-hydroxylation sites is 1. The van der Waals surface area contributed by atoms with E-state index in [4.69, 9.17) is 23.2 Å². The van der Waals surface area contributed by atoms with Gasteiger partial charge in [-0.25, -0.2) is 0 Å². The van der Waals surface area contributed by atoms with Crippen molar-refractivity contribution < 1.29 is 4.79 Å². The number of aromatic nitrogens is 1. The predicted octanol–water partition coefficient (Wildman–Crippen LogP) is 4.71. The molecule has 116 valence electrons. The molecule has 0 aliphatic rings. The third-order valence-electron chi connectivity index (χ3n) is 2.91. The summed E-state index contributed by atoms with van der Waals surface area (Å²) in [6, 6.07) is 8.56. The van der Waals surface area contributed by atoms with Crippen molar-refractivity contribution in [3.8, 4) is 0 Å². The van der Waals surface area contributed by atoms with Gasteiger partial charge >= 0.3 is 0 Å². The molecule has 0 unspecified atom stereocenters. The van der Waals surface area contributed by atoms with E-state index in [-0.39, 0.29) is 5.91 Å². The minimum absolute atomic E-state index is 0.296. The van der Waals surface area contributed by atoms with Gasteiger partial charge in [-0.1, -0.05) is 43.1 Å². The largest absolute Gasteiger partial charge is 0.385 e. The van der Waals surface area contributed by atoms with E-state index in [1.165, 1.54) is 0 Å². The average molecular weight is 338 g/mol. The van der Waals surface area contributed by atoms with Crippen molar-refractivity contribution in [2.24, 2.45) is 5.92 Å². The molecule has 6 heteroatoms. The van der Waals surface area contributed by atoms with Crippen molar-refractivity contribution in [1.29, 1.82) is 0 Å². The summed E-state index contributed by atoms with van der Waals surface area (Å²) >= 11 is 12.1. The maximum Gasteiger partial charge on any atom is 0.274 e. The van der Waals surface area contributed by atoms with Gasteiger partial charge in [-0.05, 0) is 30.2 Å². The summed E-state index contributed by atoms with van der Waals surface area (Å²) in [6.45, 7) is 5.05. The highest BCUT2D eigenvalue weighted by atomic mass is 35.5. The van der Waals surface area contributed by atoms with Crippen LogP contribution < -0.4 is 10.6 Å². The zero-order chi connectivity index (χ0) is 16.1. The Balaban J connectivity index is 2.14. The Morgan fingerprint density at radius 1 is 1.23 bits per heavy atom. The van der Waals surface area contributed by atoms with Crippen LogP contribution >= 0.6 is 23.2 Å². The molecule has 4 nitrogen and oxygen atoms in total. The molecular formula is C16H17Cl2N3O. The molecule has 0 saturated heterocycles. The first-order chi connectivity index (χ1) is 10.5. The van der Waals surface area contributed by atoms with Crippen molar-refractivity contribution in [2.45, 2.75) is 13.8 Å². The lowest BCUT2D eigenvalue weighted by molar-refractivity contribution is 0.102. The van der Waals surface area contributed by atoms with Crippen LogP contribution in [0.3, 0.4) is 0 Å². The first kappa shape index (κ1) is 16.6. The molecule has 2 aromatic rings. The van der Waals surface area contributed by atoms with Gasteiger partial charge in [0.25, 0.3) is 5.91 Å². The number of hydrogen-bond donors (Lipinski definition) is 2. The average Bonchev–Trinajstić information content (AvgIpc) is 2.49. The number of anilines is 2. The molecule has 0 aliphatic heterocycles. The number of halogens is 2. The Kier molecular flexibility index (Phi) is 5.63. The molecule has 0 bridgehead atoms. The third-order valence-corrected chi connectivity index (χ3v) is 3.54. The summed E-state index contributed by atoms with van der Waals surface area (Å²) in [5.41, 5.74) is 1.53. The SMILES string of the molecule is CC(C)CNc1ccnc(C(=O)Nc2c(Cl)cccc2Cl)c1. The number of carbonyl (C=O) groups is 1. The summed E-state index contributed by atoms with van der Waals surface area (Å²) in [4.78, 5) is 16.4. The predicted molar refractivity (Wildman–Crippen MR) is 92.0 cm³/mol. The second kappa shape index (κ2) is 7.47. The normalized spacial score (nSPS) is 10.6. The lowest BCUT2D eigenvalue weighted by Crippen LogP contribution is -2.15. The molecule has 2 rings (SSSR count). The van der Waals surface area contributed by atoms with Crippen LogP contribution in [0.4, 0.5) is 11.4 Å². The van der Waals surface area contributed by atoms with Crippen molar-refractivity contribution in [3.05, 3.63) is 52.3 Å². The number of nitrogens with zero attached hydrogens (tertiary/aromatic N) is 1. The number of rotatable bonds is 5. The highest BCUT2D eigenvalue weighted by Crippen LogP contribution is 2.30. The first-order valence-corrected chi connectivity index (χ1v) is 7.68. The Labute approximate surface area is 139 Å². The van der Waals surface area contributed by atoms with E-state index >= 15 is 0 Å². The lowest BCUT2D eigenvalue weighted by Gasteiger charge is -2.11. The molecule has 1 heterocycles. The molecule has 0 fully saturated rings. The van der Waals surface area contributed by atoms with E-state index in [1.54, 1.807) is 30.5 Å². The number of nitrogens with one attached hydrogen (secondary N) is 2. The van der Waals surface area contributed by atoms with Gasteiger partial charge in [0.05, 0.1) is 15.7 Å². The number of hydrogen-bond acceptors (Lipinski definition) is 3. The van der Waals surface area contributed by atoms with Gasteiger partial charge in [-0.3, -0.25) is 9.78 Å². The zero-order valence-corrected chi connectivity index (χ0v) is 13.9. The van der Waals surface area contributed by atoms with Gasteiger partial charge in [0, 0.05) is 18.4 Å². The van der Waals surface area contributed by atoms with Crippen LogP contribution in [0.1, 0.15) is 24.3 Å². The third kappa shape index (κ3) is 4.36. The van der Waals surface area contributed by atoms with Gasteiger partial charge in [0.15, 0.2) is 0 Å². The summed E-state index contributed by atoms with van der Waals surface area (Å²) in [6.07, 6.45) is 1.59. The van der Waals surface area contributed by atoms with Crippen LogP contribution in [0.15, 0.2) is 36.5 Å². The van der Waals surface area contributed by atoms with E-state index in [0.29, 0.717) is 27.3 Å². The second-order valence-corrected chi connectivity index (χ2v) is 6.07. The Hall–Kier alpha value is -1.78. The summed E-state index contributed by atoms with van der Waals surface area (Å²) in [7, 11) is 0. The van der Waals surface area contributed by atoms with Crippen LogP contribution in [-0.4, -0.2) is 17.4 Å². The second-order valence-electron chi connectivity index (χ2n) is 5.26. The van der Waals surface area contributed by atoms with Gasteiger partial charge in [-0.15, -0.1) is 0 Å². The van der Waals surface area contributed by atoms with Crippen LogP contribution in [0.2, 0.25) is 10.0 Å². The molecule has 0 aliphatic carbocycles. The standard InChI is InChI=1S/C16H17Cl2N3O/c1-10(2)9-20-11-6-7-19-14(8-11)16(22)21-15-12(17)4-3-5-13(15)18/h3-8,10H,9H2,1-2H3,(H,19,20)(H,21,22). The summed E-state index contributed by atoms with van der Waals surface area (Å²) in [5.74, 6) is 0.149. The quantitative estimate of drug-likeness (QED) is 0.830. The maximum absolute atomic E-state index is 12.3. The van der Waals surface area contributed by atoms with Gasteiger partial charge in [0.1, 0.15) is 5.69 Å². The molecule has 0 radical (unpaired) electrons. The van der Waals surface area contributed by atoms with E-state index in [1.807, 2.05) is 6.07 Å². The van der Waals surface area contributed by atoms with E-state index in [9.17, 15) is 4.79 Å². The van der Waals surface area contributed by atoms with E-state index < -0.39 is 0 Å². The number of pyridine rings is 1. The molecule has 1 aromatic heterocycles. The van der Waals surface area contributed by atoms with Crippen LogP contribution in [0.5, 0.6) is 0 Å². The van der Waals surface area contributed by atoms with E-state index in [0.717, 1.165) is 12.2 Å². The lowest BCUT2D eigenvalue weighted by atomic mass is 10.2. The van der Waals surface area contributed by atoms with Crippen molar-refractivity contribution in [3.63, 3.8) is 0 Å². The number of amides is 1. The van der Waals surface area contributed by atoms with Crippen molar-refractivity contribution in [2.75, 3.05) is 17.2 Å². The van der Waals surface area contributed by atoms with Gasteiger partial charge in [-0.2, -0.15) is 0 Å². The van der Waals surface area contributed by atoms with Crippen LogP contribution in [0.25, 0.3) is 0 Å². The van der Waals surface area contributed by atoms with Gasteiger partial charge in [0.2, 0.25) is 0 Å². The van der Waals surface area contributed by atoms with Crippen LogP contribution in [0, 0.1) is 5.92 Å². The highest BCUT2D eigenvalue weighted by Gasteiger charge is 2.13. The minimum atomic E-state index is -0.358. The Bertz CT molecular complexity index is 654. The summed E-state index contributed by atoms with van der Waals surface area (Å²) in [5, 5.41) is 6.72. The first-order valence-electron chi connectivity index (χ1n) is 6.92. The smallest absolute Gasteiger partial charge is 0.274 e. The molecule has 0 atom stereocenters. The molecule has 0 spiro atoms. The topological polar surface area (TPSA) is 54.0 Å². The number of carbonyl (C=O) groups excluding carboxylic acids is 1. The van der Waals surface area contributed by atoms with Crippen LogP contribution in [-0.2, 0) is 0 Å². The molecular weight excluding hydrogens is 321 g/mol. The fraction of sp³-hybridized carbons (Fsp3) is 0.250. The Morgan fingerprint density at radius 3 is 2.55 bits per heavy atom. The molecule has 0 saturated carbocycles. The fourth-order valence-corrected chi connectivity index (χ4v) is 2.27. The van der Waals surface area contributed by atoms with Gasteiger partial charge < -0.3 is 10.6 Å². The molecule has 22 heavy (non-hydrogen) atoms. The van der Waals surface area contributed by atoms with Crippen molar-refractivity contribution >= 4 is 40.5 Å². The fourth-order valence-electron chi connectivity index (χ4n) is 1.78. The van der Waals surface area contributed by atoms with Crippen molar-refractivity contribution in [1.82, 2.24) is 4.98 Å². The highest BCUT2D eigenvalue weighted by molar-refractivity contribution is 6.40.